The van der Waals surface area contributed by atoms with Crippen molar-refractivity contribution in [1.29, 1.82) is 0 Å². The van der Waals surface area contributed by atoms with Crippen molar-refractivity contribution >= 4 is 22.8 Å². The summed E-state index contributed by atoms with van der Waals surface area (Å²) in [4.78, 5) is 19.3. The summed E-state index contributed by atoms with van der Waals surface area (Å²) in [7, 11) is 0. The number of hydrazine groups is 1. The number of ether oxygens (including phenoxy) is 1. The molecule has 0 spiro atoms. The van der Waals surface area contributed by atoms with Gasteiger partial charge < -0.3 is 10.1 Å². The summed E-state index contributed by atoms with van der Waals surface area (Å²) >= 11 is 0. The molecule has 0 aliphatic heterocycles. The van der Waals surface area contributed by atoms with E-state index in [-0.39, 0.29) is 11.3 Å². The van der Waals surface area contributed by atoms with Gasteiger partial charge in [-0.1, -0.05) is 63.8 Å². The molecule has 0 saturated heterocycles. The number of rotatable bonds is 15. The van der Waals surface area contributed by atoms with E-state index in [9.17, 15) is 18.0 Å². The average Bonchev–Trinajstić information content (AvgIpc) is 2.92. The van der Waals surface area contributed by atoms with E-state index in [1.807, 2.05) is 6.07 Å². The van der Waals surface area contributed by atoms with Gasteiger partial charge >= 0.3 is 12.2 Å². The second-order valence-electron chi connectivity index (χ2n) is 9.47. The molecule has 2 amide bonds. The minimum absolute atomic E-state index is 0.115. The summed E-state index contributed by atoms with van der Waals surface area (Å²) in [6.07, 6.45) is 4.96. The quantitative estimate of drug-likeness (QED) is 0.139. The molecule has 3 aromatic rings. The van der Waals surface area contributed by atoms with Crippen LogP contribution in [0.5, 0.6) is 5.75 Å². The number of carbonyl (C=O) groups excluding carboxylic acids is 1. The van der Waals surface area contributed by atoms with Crippen molar-refractivity contribution in [3.63, 3.8) is 0 Å². The van der Waals surface area contributed by atoms with E-state index in [1.54, 1.807) is 18.2 Å². The fraction of sp³-hybridized carbons (Fsp3) is 0.483. The van der Waals surface area contributed by atoms with Gasteiger partial charge in [0.2, 0.25) is 5.82 Å². The number of aromatic nitrogens is 2. The lowest BCUT2D eigenvalue weighted by Gasteiger charge is -2.15. The van der Waals surface area contributed by atoms with Crippen molar-refractivity contribution in [1.82, 2.24) is 20.7 Å². The molecule has 212 valence electrons. The van der Waals surface area contributed by atoms with E-state index >= 15 is 0 Å². The van der Waals surface area contributed by atoms with E-state index in [2.05, 4.69) is 52.1 Å². The normalized spacial score (nSPS) is 11.4. The van der Waals surface area contributed by atoms with E-state index in [1.165, 1.54) is 42.9 Å². The maximum atomic E-state index is 13.2. The molecule has 10 heteroatoms. The Kier molecular flexibility index (Phi) is 11.6. The number of benzene rings is 2. The highest BCUT2D eigenvalue weighted by atomic mass is 19.4. The lowest BCUT2D eigenvalue weighted by molar-refractivity contribution is -0.144. The van der Waals surface area contributed by atoms with Gasteiger partial charge in [-0.05, 0) is 61.4 Å². The Hall–Kier alpha value is -3.56. The largest absolute Gasteiger partial charge is 0.493 e. The molecule has 1 heterocycles. The van der Waals surface area contributed by atoms with Gasteiger partial charge in [0.15, 0.2) is 5.82 Å². The van der Waals surface area contributed by atoms with Crippen LogP contribution in [0, 0.1) is 0 Å². The molecule has 7 nitrogen and oxygen atoms in total. The smallest absolute Gasteiger partial charge is 0.451 e. The van der Waals surface area contributed by atoms with E-state index in [0.717, 1.165) is 31.4 Å². The van der Waals surface area contributed by atoms with Crippen LogP contribution in [-0.4, -0.2) is 29.2 Å². The number of nitrogens with one attached hydrogen (secondary N) is 3. The lowest BCUT2D eigenvalue weighted by Crippen LogP contribution is -2.40. The third kappa shape index (κ3) is 9.60. The SMILES string of the molecule is CCCCCc1ccc(OCCCNC(=O)NNc2nc(C(F)(F)F)nc3ccccc23)c(CCCCC)c1. The first-order chi connectivity index (χ1) is 18.8. The molecule has 2 aromatic carbocycles. The van der Waals surface area contributed by atoms with Crippen LogP contribution in [0.4, 0.5) is 23.8 Å². The van der Waals surface area contributed by atoms with Crippen LogP contribution in [0.2, 0.25) is 0 Å². The summed E-state index contributed by atoms with van der Waals surface area (Å²) in [6.45, 7) is 5.14. The highest BCUT2D eigenvalue weighted by molar-refractivity contribution is 5.89. The average molecular weight is 546 g/mol. The van der Waals surface area contributed by atoms with Gasteiger partial charge in [-0.3, -0.25) is 10.9 Å². The summed E-state index contributed by atoms with van der Waals surface area (Å²) < 4.78 is 45.6. The molecule has 0 aliphatic rings. The molecule has 39 heavy (non-hydrogen) atoms. The van der Waals surface area contributed by atoms with Gasteiger partial charge in [-0.15, -0.1) is 0 Å². The fourth-order valence-electron chi connectivity index (χ4n) is 4.18. The number of amides is 2. The van der Waals surface area contributed by atoms with Crippen molar-refractivity contribution in [2.45, 2.75) is 77.8 Å². The first kappa shape index (κ1) is 30.0. The molecule has 3 N–H and O–H groups in total. The number of alkyl halides is 3. The monoisotopic (exact) mass is 545 g/mol. The number of anilines is 1. The van der Waals surface area contributed by atoms with Crippen LogP contribution in [0.15, 0.2) is 42.5 Å². The zero-order valence-electron chi connectivity index (χ0n) is 22.7. The van der Waals surface area contributed by atoms with Crippen LogP contribution in [-0.2, 0) is 19.0 Å². The predicted molar refractivity (Wildman–Crippen MR) is 148 cm³/mol. The number of hydrogen-bond donors (Lipinski definition) is 3. The first-order valence-electron chi connectivity index (χ1n) is 13.7. The molecule has 0 aliphatic carbocycles. The zero-order chi connectivity index (χ0) is 28.1. The molecule has 0 unspecified atom stereocenters. The molecule has 0 saturated carbocycles. The third-order valence-corrected chi connectivity index (χ3v) is 6.26. The van der Waals surface area contributed by atoms with Crippen LogP contribution in [0.3, 0.4) is 0 Å². The number of para-hydroxylation sites is 1. The number of halogens is 3. The number of aryl methyl sites for hydroxylation is 2. The fourth-order valence-corrected chi connectivity index (χ4v) is 4.18. The van der Waals surface area contributed by atoms with E-state index in [0.29, 0.717) is 25.0 Å². The highest BCUT2D eigenvalue weighted by Gasteiger charge is 2.35. The van der Waals surface area contributed by atoms with Crippen molar-refractivity contribution in [3.05, 3.63) is 59.4 Å². The Labute approximate surface area is 227 Å². The molecule has 0 atom stereocenters. The molecule has 0 radical (unpaired) electrons. The Morgan fingerprint density at radius 3 is 2.41 bits per heavy atom. The Bertz CT molecular complexity index is 1200. The predicted octanol–water partition coefficient (Wildman–Crippen LogP) is 7.21. The first-order valence-corrected chi connectivity index (χ1v) is 13.7. The van der Waals surface area contributed by atoms with Crippen LogP contribution >= 0.6 is 0 Å². The number of fused-ring (bicyclic) bond motifs is 1. The molecular weight excluding hydrogens is 507 g/mol. The molecule has 0 fully saturated rings. The van der Waals surface area contributed by atoms with Gasteiger partial charge in [-0.25, -0.2) is 14.8 Å². The summed E-state index contributed by atoms with van der Waals surface area (Å²) in [5.74, 6) is -0.543. The number of nitrogens with zero attached hydrogens (tertiary/aromatic N) is 2. The minimum atomic E-state index is -4.71. The van der Waals surface area contributed by atoms with Gasteiger partial charge in [0.05, 0.1) is 12.1 Å². The maximum absolute atomic E-state index is 13.2. The molecular formula is C29H38F3N5O2. The van der Waals surface area contributed by atoms with Crippen LogP contribution in [0.1, 0.15) is 75.7 Å². The van der Waals surface area contributed by atoms with Gasteiger partial charge in [0.25, 0.3) is 0 Å². The number of hydrogen-bond acceptors (Lipinski definition) is 5. The van der Waals surface area contributed by atoms with Crippen molar-refractivity contribution in [3.8, 4) is 5.75 Å². The number of unbranched alkanes of at least 4 members (excludes halogenated alkanes) is 4. The summed E-state index contributed by atoms with van der Waals surface area (Å²) in [5.41, 5.74) is 7.50. The third-order valence-electron chi connectivity index (χ3n) is 6.26. The minimum Gasteiger partial charge on any atom is -0.493 e. The Morgan fingerprint density at radius 2 is 1.67 bits per heavy atom. The number of carbonyl (C=O) groups is 1. The Balaban J connectivity index is 1.48. The lowest BCUT2D eigenvalue weighted by atomic mass is 10.00. The van der Waals surface area contributed by atoms with Gasteiger partial charge in [-0.2, -0.15) is 13.2 Å². The van der Waals surface area contributed by atoms with Crippen LogP contribution < -0.4 is 20.9 Å². The van der Waals surface area contributed by atoms with Gasteiger partial charge in [0, 0.05) is 11.9 Å². The van der Waals surface area contributed by atoms with Crippen molar-refractivity contribution < 1.29 is 22.7 Å². The summed E-state index contributed by atoms with van der Waals surface area (Å²) in [5, 5.41) is 3.02. The van der Waals surface area contributed by atoms with Gasteiger partial charge in [0.1, 0.15) is 5.75 Å². The van der Waals surface area contributed by atoms with Crippen molar-refractivity contribution in [2.75, 3.05) is 18.6 Å². The Morgan fingerprint density at radius 1 is 0.923 bits per heavy atom. The second kappa shape index (κ2) is 15.1. The van der Waals surface area contributed by atoms with E-state index in [4.69, 9.17) is 4.74 Å². The highest BCUT2D eigenvalue weighted by Crippen LogP contribution is 2.30. The zero-order valence-corrected chi connectivity index (χ0v) is 22.7. The standard InChI is InChI=1S/C29H38F3N5O2/c1-3-5-7-12-21-16-17-25(22(20-21)13-8-6-4-2)39-19-11-18-33-28(38)37-36-26-23-14-9-10-15-24(23)34-27(35-26)29(30,31)32/h9-10,14-17,20H,3-8,11-13,18-19H2,1-2H3,(H2,33,37,38)(H,34,35,36). The maximum Gasteiger partial charge on any atom is 0.451 e. The molecule has 0 bridgehead atoms. The van der Waals surface area contributed by atoms with Crippen molar-refractivity contribution in [2.24, 2.45) is 0 Å². The summed E-state index contributed by atoms with van der Waals surface area (Å²) in [6, 6.07) is 12.1. The van der Waals surface area contributed by atoms with E-state index < -0.39 is 18.0 Å². The second-order valence-corrected chi connectivity index (χ2v) is 9.47. The van der Waals surface area contributed by atoms with Crippen LogP contribution in [0.25, 0.3) is 10.9 Å². The molecule has 1 aromatic heterocycles. The topological polar surface area (TPSA) is 88.2 Å². The molecule has 3 rings (SSSR count). The number of urea groups is 1.